The molecule has 0 spiro atoms. The van der Waals surface area contributed by atoms with Gasteiger partial charge < -0.3 is 4.74 Å². The molecule has 0 aliphatic heterocycles. The monoisotopic (exact) mass is 222 g/mol. The van der Waals surface area contributed by atoms with E-state index in [4.69, 9.17) is 16.3 Å². The smallest absolute Gasteiger partial charge is 0.318 e. The molecule has 0 fully saturated rings. The summed E-state index contributed by atoms with van der Waals surface area (Å²) in [5, 5.41) is 1.27. The zero-order chi connectivity index (χ0) is 10.8. The Kier molecular flexibility index (Phi) is 2.73. The van der Waals surface area contributed by atoms with Crippen LogP contribution in [0.25, 0.3) is 10.9 Å². The average molecular weight is 223 g/mol. The number of para-hydroxylation sites is 1. The normalized spacial score (nSPS) is 10.9. The summed E-state index contributed by atoms with van der Waals surface area (Å²) in [5.74, 6) is 0. The molecule has 4 heteroatoms. The van der Waals surface area contributed by atoms with E-state index in [9.17, 15) is 0 Å². The van der Waals surface area contributed by atoms with Crippen LogP contribution in [0.2, 0.25) is 5.15 Å². The van der Waals surface area contributed by atoms with Crippen molar-refractivity contribution < 1.29 is 4.74 Å². The quantitative estimate of drug-likeness (QED) is 0.733. The maximum atomic E-state index is 6.01. The molecule has 0 unspecified atom stereocenters. The first-order chi connectivity index (χ1) is 7.16. The van der Waals surface area contributed by atoms with Crippen LogP contribution in [-0.4, -0.2) is 16.1 Å². The number of hydrogen-bond acceptors (Lipinski definition) is 3. The van der Waals surface area contributed by atoms with Gasteiger partial charge in [-0.2, -0.15) is 9.97 Å². The predicted molar refractivity (Wildman–Crippen MR) is 60.3 cm³/mol. The first kappa shape index (κ1) is 10.2. The first-order valence-electron chi connectivity index (χ1n) is 4.76. The third-order valence-electron chi connectivity index (χ3n) is 1.88. The highest BCUT2D eigenvalue weighted by Crippen LogP contribution is 2.22. The molecule has 0 bridgehead atoms. The van der Waals surface area contributed by atoms with Crippen molar-refractivity contribution in [3.8, 4) is 6.01 Å². The SMILES string of the molecule is CC(C)Oc1nc(Cl)c2ccccc2n1. The Bertz CT molecular complexity index is 485. The topological polar surface area (TPSA) is 35.0 Å². The zero-order valence-corrected chi connectivity index (χ0v) is 9.32. The molecule has 0 saturated carbocycles. The Morgan fingerprint density at radius 3 is 2.67 bits per heavy atom. The van der Waals surface area contributed by atoms with Gasteiger partial charge in [-0.15, -0.1) is 0 Å². The maximum Gasteiger partial charge on any atom is 0.318 e. The van der Waals surface area contributed by atoms with Crippen molar-refractivity contribution in [2.45, 2.75) is 20.0 Å². The molecule has 0 N–H and O–H groups in total. The lowest BCUT2D eigenvalue weighted by molar-refractivity contribution is 0.223. The van der Waals surface area contributed by atoms with Crippen molar-refractivity contribution in [1.29, 1.82) is 0 Å². The molecular weight excluding hydrogens is 212 g/mol. The van der Waals surface area contributed by atoms with Gasteiger partial charge in [-0.1, -0.05) is 23.7 Å². The van der Waals surface area contributed by atoms with Crippen LogP contribution in [0, 0.1) is 0 Å². The second kappa shape index (κ2) is 4.03. The molecule has 3 nitrogen and oxygen atoms in total. The second-order valence-electron chi connectivity index (χ2n) is 3.48. The van der Waals surface area contributed by atoms with Crippen LogP contribution in [0.5, 0.6) is 6.01 Å². The standard InChI is InChI=1S/C11H11ClN2O/c1-7(2)15-11-13-9-6-4-3-5-8(9)10(12)14-11/h3-7H,1-2H3. The fraction of sp³-hybridized carbons (Fsp3) is 0.273. The minimum absolute atomic E-state index is 0.0437. The van der Waals surface area contributed by atoms with E-state index in [-0.39, 0.29) is 6.10 Å². The van der Waals surface area contributed by atoms with Crippen molar-refractivity contribution in [2.75, 3.05) is 0 Å². The lowest BCUT2D eigenvalue weighted by Gasteiger charge is -2.08. The summed E-state index contributed by atoms with van der Waals surface area (Å²) in [6, 6.07) is 7.91. The summed E-state index contributed by atoms with van der Waals surface area (Å²) in [6.45, 7) is 3.85. The lowest BCUT2D eigenvalue weighted by Crippen LogP contribution is -2.08. The van der Waals surface area contributed by atoms with E-state index in [1.54, 1.807) is 0 Å². The number of fused-ring (bicyclic) bond motifs is 1. The van der Waals surface area contributed by atoms with E-state index in [1.807, 2.05) is 38.1 Å². The van der Waals surface area contributed by atoms with Crippen molar-refractivity contribution in [3.05, 3.63) is 29.4 Å². The van der Waals surface area contributed by atoms with Crippen LogP contribution < -0.4 is 4.74 Å². The van der Waals surface area contributed by atoms with Gasteiger partial charge in [0.05, 0.1) is 11.6 Å². The van der Waals surface area contributed by atoms with E-state index in [0.29, 0.717) is 11.2 Å². The molecule has 2 rings (SSSR count). The van der Waals surface area contributed by atoms with Crippen molar-refractivity contribution in [2.24, 2.45) is 0 Å². The number of hydrogen-bond donors (Lipinski definition) is 0. The first-order valence-corrected chi connectivity index (χ1v) is 5.13. The molecule has 1 aromatic carbocycles. The number of nitrogens with zero attached hydrogens (tertiary/aromatic N) is 2. The number of benzene rings is 1. The molecule has 0 saturated heterocycles. The van der Waals surface area contributed by atoms with E-state index < -0.39 is 0 Å². The van der Waals surface area contributed by atoms with Crippen LogP contribution in [0.4, 0.5) is 0 Å². The molecule has 78 valence electrons. The summed E-state index contributed by atoms with van der Waals surface area (Å²) in [4.78, 5) is 8.33. The molecule has 0 atom stereocenters. The Morgan fingerprint density at radius 1 is 1.20 bits per heavy atom. The van der Waals surface area contributed by atoms with Gasteiger partial charge in [-0.3, -0.25) is 0 Å². The maximum absolute atomic E-state index is 6.01. The number of halogens is 1. The van der Waals surface area contributed by atoms with Gasteiger partial charge in [-0.05, 0) is 26.0 Å². The summed E-state index contributed by atoms with van der Waals surface area (Å²) in [5.41, 5.74) is 0.799. The fourth-order valence-corrected chi connectivity index (χ4v) is 1.51. The molecule has 2 aromatic rings. The van der Waals surface area contributed by atoms with Crippen LogP contribution in [0.3, 0.4) is 0 Å². The summed E-state index contributed by atoms with van der Waals surface area (Å²) in [7, 11) is 0. The minimum Gasteiger partial charge on any atom is -0.461 e. The summed E-state index contributed by atoms with van der Waals surface area (Å²) >= 11 is 6.01. The van der Waals surface area contributed by atoms with E-state index in [0.717, 1.165) is 10.9 Å². The Balaban J connectivity index is 2.52. The fourth-order valence-electron chi connectivity index (χ4n) is 1.28. The lowest BCUT2D eigenvalue weighted by atomic mass is 10.2. The van der Waals surface area contributed by atoms with Crippen LogP contribution >= 0.6 is 11.6 Å². The van der Waals surface area contributed by atoms with Crippen LogP contribution in [0.15, 0.2) is 24.3 Å². The number of ether oxygens (including phenoxy) is 1. The molecule has 15 heavy (non-hydrogen) atoms. The summed E-state index contributed by atoms with van der Waals surface area (Å²) in [6.07, 6.45) is 0.0437. The molecule has 1 heterocycles. The average Bonchev–Trinajstić information content (AvgIpc) is 2.16. The molecule has 0 amide bonds. The van der Waals surface area contributed by atoms with Crippen LogP contribution in [-0.2, 0) is 0 Å². The van der Waals surface area contributed by atoms with Crippen LogP contribution in [0.1, 0.15) is 13.8 Å². The zero-order valence-electron chi connectivity index (χ0n) is 8.57. The highest BCUT2D eigenvalue weighted by molar-refractivity contribution is 6.34. The van der Waals surface area contributed by atoms with Crippen molar-refractivity contribution in [1.82, 2.24) is 9.97 Å². The summed E-state index contributed by atoms with van der Waals surface area (Å²) < 4.78 is 5.40. The van der Waals surface area contributed by atoms with Gasteiger partial charge in [0.15, 0.2) is 0 Å². The number of aromatic nitrogens is 2. The molecule has 0 aliphatic carbocycles. The Morgan fingerprint density at radius 2 is 1.93 bits per heavy atom. The number of rotatable bonds is 2. The minimum atomic E-state index is 0.0437. The van der Waals surface area contributed by atoms with Crippen molar-refractivity contribution in [3.63, 3.8) is 0 Å². The largest absolute Gasteiger partial charge is 0.461 e. The van der Waals surface area contributed by atoms with Crippen molar-refractivity contribution >= 4 is 22.5 Å². The molecule has 0 aliphatic rings. The highest BCUT2D eigenvalue weighted by Gasteiger charge is 2.07. The van der Waals surface area contributed by atoms with Gasteiger partial charge in [-0.25, -0.2) is 0 Å². The van der Waals surface area contributed by atoms with Gasteiger partial charge in [0, 0.05) is 5.39 Å². The highest BCUT2D eigenvalue weighted by atomic mass is 35.5. The Hall–Kier alpha value is -1.35. The molecule has 0 radical (unpaired) electrons. The van der Waals surface area contributed by atoms with Gasteiger partial charge in [0.1, 0.15) is 5.15 Å². The third-order valence-corrected chi connectivity index (χ3v) is 2.17. The van der Waals surface area contributed by atoms with Gasteiger partial charge in [0.2, 0.25) is 0 Å². The van der Waals surface area contributed by atoms with E-state index in [2.05, 4.69) is 9.97 Å². The predicted octanol–water partition coefficient (Wildman–Crippen LogP) is 3.07. The van der Waals surface area contributed by atoms with Gasteiger partial charge >= 0.3 is 6.01 Å². The van der Waals surface area contributed by atoms with Gasteiger partial charge in [0.25, 0.3) is 0 Å². The molecule has 1 aromatic heterocycles. The third kappa shape index (κ3) is 2.18. The van der Waals surface area contributed by atoms with E-state index in [1.165, 1.54) is 0 Å². The molecular formula is C11H11ClN2O. The van der Waals surface area contributed by atoms with E-state index >= 15 is 0 Å². The second-order valence-corrected chi connectivity index (χ2v) is 3.84. The Labute approximate surface area is 93.1 Å².